The van der Waals surface area contributed by atoms with Crippen LogP contribution in [0.4, 0.5) is 17.1 Å². The summed E-state index contributed by atoms with van der Waals surface area (Å²) < 4.78 is 0. The number of nitrogens with zero attached hydrogens (tertiary/aromatic N) is 3. The fourth-order valence-corrected chi connectivity index (χ4v) is 2.37. The number of carbonyl (C=O) groups excluding carboxylic acids is 1. The monoisotopic (exact) mass is 347 g/mol. The summed E-state index contributed by atoms with van der Waals surface area (Å²) in [7, 11) is 3.95. The number of hydrogen-bond acceptors (Lipinski definition) is 5. The Kier molecular flexibility index (Phi) is 5.43. The highest BCUT2D eigenvalue weighted by atomic mass is 16.1. The van der Waals surface area contributed by atoms with E-state index in [1.807, 2.05) is 67.5 Å². The van der Waals surface area contributed by atoms with Crippen LogP contribution >= 0.6 is 0 Å². The van der Waals surface area contributed by atoms with Gasteiger partial charge in [0.1, 0.15) is 5.69 Å². The highest BCUT2D eigenvalue weighted by molar-refractivity contribution is 6.03. The summed E-state index contributed by atoms with van der Waals surface area (Å²) in [5, 5.41) is 6.08. The van der Waals surface area contributed by atoms with Gasteiger partial charge in [0.05, 0.1) is 24.1 Å². The Morgan fingerprint density at radius 3 is 2.35 bits per heavy atom. The van der Waals surface area contributed by atoms with Crippen LogP contribution < -0.4 is 15.5 Å². The number of aromatic nitrogens is 2. The Morgan fingerprint density at radius 2 is 1.73 bits per heavy atom. The molecule has 2 aromatic heterocycles. The fraction of sp³-hybridized carbons (Fsp3) is 0.150. The maximum Gasteiger partial charge on any atom is 0.274 e. The molecule has 0 spiro atoms. The SMILES string of the molecule is CN(C)c1ccc(NC(=O)c2ccc(NCc3ccccn3)cn2)cc1. The molecular weight excluding hydrogens is 326 g/mol. The minimum atomic E-state index is -0.237. The smallest absolute Gasteiger partial charge is 0.274 e. The maximum absolute atomic E-state index is 12.3. The molecule has 0 aliphatic heterocycles. The number of nitrogens with one attached hydrogen (secondary N) is 2. The minimum absolute atomic E-state index is 0.237. The molecule has 1 aromatic carbocycles. The number of anilines is 3. The first-order valence-electron chi connectivity index (χ1n) is 8.30. The number of amides is 1. The van der Waals surface area contributed by atoms with Crippen molar-refractivity contribution in [2.75, 3.05) is 29.6 Å². The zero-order valence-electron chi connectivity index (χ0n) is 14.8. The molecule has 0 unspecified atom stereocenters. The average molecular weight is 347 g/mol. The lowest BCUT2D eigenvalue weighted by Gasteiger charge is -2.13. The van der Waals surface area contributed by atoms with Crippen molar-refractivity contribution in [3.8, 4) is 0 Å². The van der Waals surface area contributed by atoms with E-state index in [1.54, 1.807) is 18.5 Å². The Labute approximate surface area is 152 Å². The molecule has 0 atom stereocenters. The van der Waals surface area contributed by atoms with Crippen LogP contribution in [0.1, 0.15) is 16.2 Å². The Balaban J connectivity index is 1.58. The number of benzene rings is 1. The Hall–Kier alpha value is -3.41. The van der Waals surface area contributed by atoms with Gasteiger partial charge in [-0.1, -0.05) is 6.07 Å². The predicted molar refractivity (Wildman–Crippen MR) is 105 cm³/mol. The van der Waals surface area contributed by atoms with Gasteiger partial charge in [0, 0.05) is 31.7 Å². The molecular formula is C20H21N5O. The predicted octanol–water partition coefficient (Wildman–Crippen LogP) is 3.41. The van der Waals surface area contributed by atoms with Crippen LogP contribution in [-0.4, -0.2) is 30.0 Å². The molecule has 1 amide bonds. The van der Waals surface area contributed by atoms with Crippen LogP contribution in [0.15, 0.2) is 67.0 Å². The third kappa shape index (κ3) is 4.57. The molecule has 3 aromatic rings. The van der Waals surface area contributed by atoms with Crippen molar-refractivity contribution in [3.05, 3.63) is 78.4 Å². The third-order valence-corrected chi connectivity index (χ3v) is 3.84. The second-order valence-electron chi connectivity index (χ2n) is 6.00. The highest BCUT2D eigenvalue weighted by Gasteiger charge is 2.08. The summed E-state index contributed by atoms with van der Waals surface area (Å²) >= 11 is 0. The molecule has 0 fully saturated rings. The topological polar surface area (TPSA) is 70.2 Å². The summed E-state index contributed by atoms with van der Waals surface area (Å²) in [6.07, 6.45) is 3.40. The zero-order chi connectivity index (χ0) is 18.4. The van der Waals surface area contributed by atoms with Crippen molar-refractivity contribution in [1.29, 1.82) is 0 Å². The van der Waals surface area contributed by atoms with Gasteiger partial charge in [-0.25, -0.2) is 4.98 Å². The van der Waals surface area contributed by atoms with Crippen molar-refractivity contribution >= 4 is 23.0 Å². The minimum Gasteiger partial charge on any atom is -0.378 e. The molecule has 0 aliphatic carbocycles. The van der Waals surface area contributed by atoms with Gasteiger partial charge in [0.2, 0.25) is 0 Å². The molecule has 2 heterocycles. The zero-order valence-corrected chi connectivity index (χ0v) is 14.8. The van der Waals surface area contributed by atoms with Crippen molar-refractivity contribution in [3.63, 3.8) is 0 Å². The van der Waals surface area contributed by atoms with Gasteiger partial charge in [0.25, 0.3) is 5.91 Å². The largest absolute Gasteiger partial charge is 0.378 e. The van der Waals surface area contributed by atoms with Gasteiger partial charge in [-0.3, -0.25) is 9.78 Å². The average Bonchev–Trinajstić information content (AvgIpc) is 2.68. The van der Waals surface area contributed by atoms with Crippen LogP contribution in [0.2, 0.25) is 0 Å². The molecule has 6 heteroatoms. The van der Waals surface area contributed by atoms with Crippen LogP contribution in [0.25, 0.3) is 0 Å². The van der Waals surface area contributed by atoms with Crippen LogP contribution in [-0.2, 0) is 6.54 Å². The van der Waals surface area contributed by atoms with Gasteiger partial charge >= 0.3 is 0 Å². The van der Waals surface area contributed by atoms with E-state index < -0.39 is 0 Å². The van der Waals surface area contributed by atoms with E-state index in [9.17, 15) is 4.79 Å². The number of hydrogen-bond donors (Lipinski definition) is 2. The summed E-state index contributed by atoms with van der Waals surface area (Å²) in [5.74, 6) is -0.237. The van der Waals surface area contributed by atoms with Crippen molar-refractivity contribution < 1.29 is 4.79 Å². The first kappa shape index (κ1) is 17.4. The van der Waals surface area contributed by atoms with E-state index in [4.69, 9.17) is 0 Å². The lowest BCUT2D eigenvalue weighted by Crippen LogP contribution is -2.14. The molecule has 0 saturated carbocycles. The van der Waals surface area contributed by atoms with E-state index in [2.05, 4.69) is 20.6 Å². The third-order valence-electron chi connectivity index (χ3n) is 3.84. The first-order chi connectivity index (χ1) is 12.6. The molecule has 0 radical (unpaired) electrons. The number of pyridine rings is 2. The second kappa shape index (κ2) is 8.11. The molecule has 0 aliphatic rings. The summed E-state index contributed by atoms with van der Waals surface area (Å²) in [4.78, 5) is 22.8. The van der Waals surface area contributed by atoms with Crippen molar-refractivity contribution in [2.24, 2.45) is 0 Å². The molecule has 3 rings (SSSR count). The van der Waals surface area contributed by atoms with E-state index in [-0.39, 0.29) is 5.91 Å². The van der Waals surface area contributed by atoms with Crippen molar-refractivity contribution in [2.45, 2.75) is 6.54 Å². The van der Waals surface area contributed by atoms with Crippen LogP contribution in [0, 0.1) is 0 Å². The normalized spacial score (nSPS) is 10.2. The van der Waals surface area contributed by atoms with Gasteiger partial charge in [0.15, 0.2) is 0 Å². The highest BCUT2D eigenvalue weighted by Crippen LogP contribution is 2.16. The van der Waals surface area contributed by atoms with Crippen LogP contribution in [0.5, 0.6) is 0 Å². The first-order valence-corrected chi connectivity index (χ1v) is 8.30. The number of rotatable bonds is 6. The second-order valence-corrected chi connectivity index (χ2v) is 6.00. The molecule has 6 nitrogen and oxygen atoms in total. The molecule has 0 bridgehead atoms. The van der Waals surface area contributed by atoms with E-state index >= 15 is 0 Å². The van der Waals surface area contributed by atoms with E-state index in [1.165, 1.54) is 0 Å². The van der Waals surface area contributed by atoms with Crippen molar-refractivity contribution in [1.82, 2.24) is 9.97 Å². The Morgan fingerprint density at radius 1 is 0.962 bits per heavy atom. The standard InChI is InChI=1S/C20H21N5O/c1-25(2)18-9-6-15(7-10-18)24-20(26)19-11-8-17(14-23-19)22-13-16-5-3-4-12-21-16/h3-12,14,22H,13H2,1-2H3,(H,24,26). The lowest BCUT2D eigenvalue weighted by atomic mass is 10.2. The molecule has 2 N–H and O–H groups in total. The summed E-state index contributed by atoms with van der Waals surface area (Å²) in [5.41, 5.74) is 3.95. The summed E-state index contributed by atoms with van der Waals surface area (Å²) in [6, 6.07) is 17.0. The quantitative estimate of drug-likeness (QED) is 0.715. The van der Waals surface area contributed by atoms with Crippen LogP contribution in [0.3, 0.4) is 0 Å². The number of carbonyl (C=O) groups is 1. The summed E-state index contributed by atoms with van der Waals surface area (Å²) in [6.45, 7) is 0.603. The van der Waals surface area contributed by atoms with Gasteiger partial charge in [-0.2, -0.15) is 0 Å². The molecule has 26 heavy (non-hydrogen) atoms. The maximum atomic E-state index is 12.3. The van der Waals surface area contributed by atoms with E-state index in [0.717, 1.165) is 22.8 Å². The van der Waals surface area contributed by atoms with Gasteiger partial charge < -0.3 is 15.5 Å². The lowest BCUT2D eigenvalue weighted by molar-refractivity contribution is 0.102. The fourth-order valence-electron chi connectivity index (χ4n) is 2.37. The van der Waals surface area contributed by atoms with Gasteiger partial charge in [-0.05, 0) is 48.5 Å². The van der Waals surface area contributed by atoms with E-state index in [0.29, 0.717) is 12.2 Å². The van der Waals surface area contributed by atoms with Gasteiger partial charge in [-0.15, -0.1) is 0 Å². The molecule has 0 saturated heterocycles. The Bertz CT molecular complexity index is 846. The molecule has 132 valence electrons.